The molecule has 1 saturated carbocycles. The second-order valence-corrected chi connectivity index (χ2v) is 8.12. The SMILES string of the molecule is c1cc([C@H]2C[C@H](CN3CCCCC3)C2)ccc1CN1CCCC1. The van der Waals surface area contributed by atoms with Gasteiger partial charge in [0.1, 0.15) is 0 Å². The zero-order chi connectivity index (χ0) is 15.5. The molecule has 3 aliphatic rings. The molecule has 0 unspecified atom stereocenters. The Hall–Kier alpha value is -0.860. The molecule has 0 spiro atoms. The number of piperidine rings is 1. The summed E-state index contributed by atoms with van der Waals surface area (Å²) in [5, 5.41) is 0. The minimum atomic E-state index is 0.839. The summed E-state index contributed by atoms with van der Waals surface area (Å²) in [5.41, 5.74) is 3.09. The van der Waals surface area contributed by atoms with Gasteiger partial charge in [-0.15, -0.1) is 0 Å². The number of benzene rings is 1. The Morgan fingerprint density at radius 1 is 0.739 bits per heavy atom. The third kappa shape index (κ3) is 3.97. The number of likely N-dealkylation sites (tertiary alicyclic amines) is 2. The summed E-state index contributed by atoms with van der Waals surface area (Å²) in [7, 11) is 0. The molecule has 23 heavy (non-hydrogen) atoms. The highest BCUT2D eigenvalue weighted by Crippen LogP contribution is 2.42. The van der Waals surface area contributed by atoms with E-state index in [-0.39, 0.29) is 0 Å². The molecule has 2 aliphatic heterocycles. The molecule has 2 heterocycles. The lowest BCUT2D eigenvalue weighted by Crippen LogP contribution is -2.38. The van der Waals surface area contributed by atoms with E-state index in [9.17, 15) is 0 Å². The molecule has 0 N–H and O–H groups in total. The van der Waals surface area contributed by atoms with Gasteiger partial charge in [-0.25, -0.2) is 0 Å². The van der Waals surface area contributed by atoms with Gasteiger partial charge in [0.2, 0.25) is 0 Å². The van der Waals surface area contributed by atoms with E-state index in [4.69, 9.17) is 0 Å². The van der Waals surface area contributed by atoms with Crippen LogP contribution >= 0.6 is 0 Å². The number of hydrogen-bond donors (Lipinski definition) is 0. The van der Waals surface area contributed by atoms with Crippen LogP contribution < -0.4 is 0 Å². The molecule has 0 amide bonds. The van der Waals surface area contributed by atoms with Gasteiger partial charge in [-0.1, -0.05) is 30.7 Å². The molecular formula is C21H32N2. The quantitative estimate of drug-likeness (QED) is 0.801. The highest BCUT2D eigenvalue weighted by Gasteiger charge is 2.31. The summed E-state index contributed by atoms with van der Waals surface area (Å²) >= 11 is 0. The fraction of sp³-hybridized carbons (Fsp3) is 0.714. The Morgan fingerprint density at radius 3 is 2.04 bits per heavy atom. The van der Waals surface area contributed by atoms with Crippen molar-refractivity contribution in [2.45, 2.75) is 57.4 Å². The summed E-state index contributed by atoms with van der Waals surface area (Å²) < 4.78 is 0. The van der Waals surface area contributed by atoms with Crippen molar-refractivity contribution in [2.75, 3.05) is 32.7 Å². The van der Waals surface area contributed by atoms with Crippen LogP contribution in [0.5, 0.6) is 0 Å². The third-order valence-electron chi connectivity index (χ3n) is 6.26. The van der Waals surface area contributed by atoms with Gasteiger partial charge in [0.25, 0.3) is 0 Å². The van der Waals surface area contributed by atoms with E-state index in [1.54, 1.807) is 5.56 Å². The van der Waals surface area contributed by atoms with Crippen molar-refractivity contribution >= 4 is 0 Å². The zero-order valence-corrected chi connectivity index (χ0v) is 14.6. The Labute approximate surface area is 141 Å². The summed E-state index contributed by atoms with van der Waals surface area (Å²) in [5.74, 6) is 1.80. The lowest BCUT2D eigenvalue weighted by molar-refractivity contribution is 0.140. The van der Waals surface area contributed by atoms with Crippen molar-refractivity contribution in [2.24, 2.45) is 5.92 Å². The van der Waals surface area contributed by atoms with Crippen molar-refractivity contribution in [3.8, 4) is 0 Å². The highest BCUT2D eigenvalue weighted by atomic mass is 15.1. The second kappa shape index (κ2) is 7.36. The Kier molecular flexibility index (Phi) is 5.01. The van der Waals surface area contributed by atoms with Crippen LogP contribution in [-0.2, 0) is 6.54 Å². The molecule has 126 valence electrons. The summed E-state index contributed by atoms with van der Waals surface area (Å²) in [6, 6.07) is 9.58. The summed E-state index contributed by atoms with van der Waals surface area (Å²) in [4.78, 5) is 5.30. The van der Waals surface area contributed by atoms with Gasteiger partial charge in [0, 0.05) is 13.1 Å². The molecular weight excluding hydrogens is 280 g/mol. The molecule has 0 radical (unpaired) electrons. The molecule has 2 heteroatoms. The van der Waals surface area contributed by atoms with Crippen LogP contribution in [0.1, 0.15) is 62.0 Å². The van der Waals surface area contributed by atoms with Gasteiger partial charge < -0.3 is 4.90 Å². The average Bonchev–Trinajstić information content (AvgIpc) is 3.06. The van der Waals surface area contributed by atoms with Gasteiger partial charge in [-0.3, -0.25) is 4.90 Å². The van der Waals surface area contributed by atoms with Crippen LogP contribution in [0.25, 0.3) is 0 Å². The van der Waals surface area contributed by atoms with Crippen molar-refractivity contribution in [3.63, 3.8) is 0 Å². The minimum absolute atomic E-state index is 0.839. The van der Waals surface area contributed by atoms with E-state index < -0.39 is 0 Å². The standard InChI is InChI=1S/C21H32N2/c1-2-10-23(11-3-1)17-19-14-21(15-19)20-8-6-18(7-9-20)16-22-12-4-5-13-22/h6-9,19,21H,1-5,10-17H2/t19-,21-. The molecule has 4 rings (SSSR count). The van der Waals surface area contributed by atoms with E-state index in [1.165, 1.54) is 83.2 Å². The molecule has 0 aromatic heterocycles. The van der Waals surface area contributed by atoms with Gasteiger partial charge >= 0.3 is 0 Å². The number of rotatable bonds is 5. The van der Waals surface area contributed by atoms with Crippen LogP contribution in [0.15, 0.2) is 24.3 Å². The van der Waals surface area contributed by atoms with Crippen molar-refractivity contribution in [3.05, 3.63) is 35.4 Å². The van der Waals surface area contributed by atoms with E-state index >= 15 is 0 Å². The maximum atomic E-state index is 2.71. The van der Waals surface area contributed by atoms with Crippen LogP contribution in [0.2, 0.25) is 0 Å². The molecule has 2 saturated heterocycles. The first-order valence-electron chi connectivity index (χ1n) is 9.90. The molecule has 0 atom stereocenters. The molecule has 1 aromatic rings. The fourth-order valence-electron chi connectivity index (χ4n) is 4.76. The predicted octanol–water partition coefficient (Wildman–Crippen LogP) is 4.26. The van der Waals surface area contributed by atoms with E-state index in [0.717, 1.165) is 18.4 Å². The lowest BCUT2D eigenvalue weighted by atomic mass is 9.71. The first-order chi connectivity index (χ1) is 11.4. The molecule has 3 fully saturated rings. The van der Waals surface area contributed by atoms with Crippen LogP contribution in [0.3, 0.4) is 0 Å². The van der Waals surface area contributed by atoms with Gasteiger partial charge in [0.15, 0.2) is 0 Å². The average molecular weight is 313 g/mol. The fourth-order valence-corrected chi connectivity index (χ4v) is 4.76. The lowest BCUT2D eigenvalue weighted by Gasteiger charge is -2.40. The maximum Gasteiger partial charge on any atom is 0.0233 e. The van der Waals surface area contributed by atoms with Gasteiger partial charge in [0.05, 0.1) is 0 Å². The van der Waals surface area contributed by atoms with E-state index in [0.29, 0.717) is 0 Å². The number of nitrogens with zero attached hydrogens (tertiary/aromatic N) is 2. The maximum absolute atomic E-state index is 2.71. The second-order valence-electron chi connectivity index (χ2n) is 8.12. The van der Waals surface area contributed by atoms with Crippen molar-refractivity contribution in [1.82, 2.24) is 9.80 Å². The van der Waals surface area contributed by atoms with E-state index in [1.807, 2.05) is 0 Å². The van der Waals surface area contributed by atoms with Crippen molar-refractivity contribution < 1.29 is 0 Å². The normalized spacial score (nSPS) is 29.6. The van der Waals surface area contributed by atoms with Crippen LogP contribution in [-0.4, -0.2) is 42.5 Å². The molecule has 1 aliphatic carbocycles. The molecule has 1 aromatic carbocycles. The molecule has 0 bridgehead atoms. The van der Waals surface area contributed by atoms with Crippen LogP contribution in [0, 0.1) is 5.92 Å². The molecule has 2 nitrogen and oxygen atoms in total. The van der Waals surface area contributed by atoms with Crippen molar-refractivity contribution in [1.29, 1.82) is 0 Å². The smallest absolute Gasteiger partial charge is 0.0233 e. The summed E-state index contributed by atoms with van der Waals surface area (Å²) in [6.07, 6.45) is 9.91. The monoisotopic (exact) mass is 312 g/mol. The van der Waals surface area contributed by atoms with Crippen LogP contribution in [0.4, 0.5) is 0 Å². The number of hydrogen-bond acceptors (Lipinski definition) is 2. The minimum Gasteiger partial charge on any atom is -0.303 e. The first kappa shape index (κ1) is 15.7. The Bertz CT molecular complexity index is 477. The Morgan fingerprint density at radius 2 is 1.35 bits per heavy atom. The van der Waals surface area contributed by atoms with Gasteiger partial charge in [-0.2, -0.15) is 0 Å². The van der Waals surface area contributed by atoms with E-state index in [2.05, 4.69) is 34.1 Å². The first-order valence-corrected chi connectivity index (χ1v) is 9.90. The largest absolute Gasteiger partial charge is 0.303 e. The zero-order valence-electron chi connectivity index (χ0n) is 14.6. The Balaban J connectivity index is 1.23. The third-order valence-corrected chi connectivity index (χ3v) is 6.26. The topological polar surface area (TPSA) is 6.48 Å². The summed E-state index contributed by atoms with van der Waals surface area (Å²) in [6.45, 7) is 7.82. The van der Waals surface area contributed by atoms with Gasteiger partial charge in [-0.05, 0) is 87.7 Å². The predicted molar refractivity (Wildman–Crippen MR) is 96.7 cm³/mol. The highest BCUT2D eigenvalue weighted by molar-refractivity contribution is 5.27.